The van der Waals surface area contributed by atoms with Crippen molar-refractivity contribution in [2.24, 2.45) is 5.92 Å². The van der Waals surface area contributed by atoms with Crippen molar-refractivity contribution in [2.75, 3.05) is 20.1 Å². The van der Waals surface area contributed by atoms with Crippen molar-refractivity contribution < 1.29 is 33.4 Å². The Morgan fingerprint density at radius 3 is 2.36 bits per heavy atom. The zero-order valence-corrected chi connectivity index (χ0v) is 30.3. The molecule has 2 fully saturated rings. The largest absolute Gasteiger partial charge is 0.444 e. The average molecular weight is 696 g/mol. The number of unbranched alkanes of at least 4 members (excludes halogenated alkanes) is 3. The van der Waals surface area contributed by atoms with E-state index in [1.165, 1.54) is 10.5 Å². The molecule has 0 unspecified atom stereocenters. The molecule has 0 spiro atoms. The van der Waals surface area contributed by atoms with E-state index in [-0.39, 0.29) is 24.8 Å². The van der Waals surface area contributed by atoms with E-state index in [1.54, 1.807) is 32.7 Å². The summed E-state index contributed by atoms with van der Waals surface area (Å²) in [4.78, 5) is 70.5. The molecule has 1 saturated heterocycles. The van der Waals surface area contributed by atoms with Gasteiger partial charge in [-0.2, -0.15) is 0 Å². The number of nitrogens with zero attached hydrogens (tertiary/aromatic N) is 2. The van der Waals surface area contributed by atoms with Gasteiger partial charge in [0.1, 0.15) is 29.8 Å². The van der Waals surface area contributed by atoms with Crippen LogP contribution in [0.15, 0.2) is 36.9 Å². The summed E-state index contributed by atoms with van der Waals surface area (Å²) in [6.07, 6.45) is 9.04. The summed E-state index contributed by atoms with van der Waals surface area (Å²) in [5.74, 6) is -1.22. The van der Waals surface area contributed by atoms with Crippen LogP contribution in [0.4, 0.5) is 9.59 Å². The number of likely N-dealkylation sites (N-methyl/N-ethyl adjacent to an activating group) is 1. The predicted octanol–water partition coefficient (Wildman–Crippen LogP) is 4.99. The number of rotatable bonds is 13. The average Bonchev–Trinajstić information content (AvgIpc) is 3.53. The number of amides is 5. The van der Waals surface area contributed by atoms with Crippen LogP contribution in [0.3, 0.4) is 0 Å². The van der Waals surface area contributed by atoms with Gasteiger partial charge in [0.05, 0.1) is 6.54 Å². The van der Waals surface area contributed by atoms with Gasteiger partial charge in [-0.15, -0.1) is 6.58 Å². The molecule has 1 saturated carbocycles. The molecule has 2 aliphatic heterocycles. The lowest BCUT2D eigenvalue weighted by Crippen LogP contribution is -2.58. The molecule has 0 radical (unpaired) electrons. The quantitative estimate of drug-likeness (QED) is 0.195. The van der Waals surface area contributed by atoms with E-state index in [0.29, 0.717) is 32.4 Å². The number of ether oxygens (including phenoxy) is 2. The van der Waals surface area contributed by atoms with E-state index < -0.39 is 53.8 Å². The molecule has 1 aliphatic carbocycles. The Labute approximate surface area is 297 Å². The molecule has 0 aromatic heterocycles. The molecule has 2 heterocycles. The normalized spacial score (nSPS) is 20.6. The zero-order chi connectivity index (χ0) is 36.3. The Balaban J connectivity index is 1.49. The number of fused-ring (bicyclic) bond motifs is 1. The van der Waals surface area contributed by atoms with Crippen molar-refractivity contribution in [3.05, 3.63) is 48.0 Å². The highest BCUT2D eigenvalue weighted by atomic mass is 16.6. The fraction of sp³-hybridized carbons (Fsp3) is 0.658. The van der Waals surface area contributed by atoms with Crippen molar-refractivity contribution >= 4 is 29.9 Å². The summed E-state index contributed by atoms with van der Waals surface area (Å²) in [5.41, 5.74) is 1.44. The SMILES string of the molecule is C=CCCCCC[C@H](NC(=O)[C@H]1C[C@H](OC(=O)N2CCc3ccccc3C2)CN1C(=O)OC(C)(C)C)C(=O)N[C@H](C(=O)NC)C1CCCCC1. The molecular formula is C38H57N5O7. The van der Waals surface area contributed by atoms with E-state index in [0.717, 1.165) is 56.9 Å². The summed E-state index contributed by atoms with van der Waals surface area (Å²) in [7, 11) is 1.56. The molecule has 50 heavy (non-hydrogen) atoms. The smallest absolute Gasteiger partial charge is 0.411 e. The first-order chi connectivity index (χ1) is 23.9. The second-order valence-corrected chi connectivity index (χ2v) is 14.8. The second-order valence-electron chi connectivity index (χ2n) is 14.8. The van der Waals surface area contributed by atoms with Crippen LogP contribution in [-0.2, 0) is 36.8 Å². The Kier molecular flexibility index (Phi) is 14.1. The van der Waals surface area contributed by atoms with Crippen molar-refractivity contribution in [3.63, 3.8) is 0 Å². The van der Waals surface area contributed by atoms with Gasteiger partial charge in [0, 0.05) is 26.6 Å². The van der Waals surface area contributed by atoms with Crippen LogP contribution in [0, 0.1) is 5.92 Å². The number of benzene rings is 1. The Bertz CT molecular complexity index is 1350. The maximum atomic E-state index is 14.0. The van der Waals surface area contributed by atoms with E-state index in [1.807, 2.05) is 24.3 Å². The summed E-state index contributed by atoms with van der Waals surface area (Å²) < 4.78 is 11.5. The second kappa shape index (κ2) is 18.2. The topological polar surface area (TPSA) is 146 Å². The fourth-order valence-electron chi connectivity index (χ4n) is 7.15. The summed E-state index contributed by atoms with van der Waals surface area (Å²) in [6, 6.07) is 5.30. The van der Waals surface area contributed by atoms with Gasteiger partial charge in [-0.3, -0.25) is 19.3 Å². The molecule has 4 atom stereocenters. The highest BCUT2D eigenvalue weighted by Crippen LogP contribution is 2.28. The summed E-state index contributed by atoms with van der Waals surface area (Å²) in [6.45, 7) is 9.89. The monoisotopic (exact) mass is 695 g/mol. The van der Waals surface area contributed by atoms with E-state index in [4.69, 9.17) is 9.47 Å². The molecule has 3 N–H and O–H groups in total. The Morgan fingerprint density at radius 1 is 0.960 bits per heavy atom. The van der Waals surface area contributed by atoms with Gasteiger partial charge in [0.25, 0.3) is 0 Å². The third-order valence-electron chi connectivity index (χ3n) is 9.83. The number of hydrogen-bond donors (Lipinski definition) is 3. The number of allylic oxidation sites excluding steroid dienone is 1. The van der Waals surface area contributed by atoms with Crippen molar-refractivity contribution in [2.45, 2.75) is 134 Å². The molecule has 3 aliphatic rings. The summed E-state index contributed by atoms with van der Waals surface area (Å²) in [5, 5.41) is 8.57. The van der Waals surface area contributed by atoms with Crippen LogP contribution in [0.2, 0.25) is 0 Å². The van der Waals surface area contributed by atoms with Crippen LogP contribution < -0.4 is 16.0 Å². The van der Waals surface area contributed by atoms with Gasteiger partial charge in [0.2, 0.25) is 17.7 Å². The molecule has 276 valence electrons. The number of hydrogen-bond acceptors (Lipinski definition) is 7. The van der Waals surface area contributed by atoms with E-state index in [9.17, 15) is 24.0 Å². The minimum atomic E-state index is -1.03. The van der Waals surface area contributed by atoms with Gasteiger partial charge in [-0.1, -0.05) is 62.4 Å². The minimum Gasteiger partial charge on any atom is -0.444 e. The van der Waals surface area contributed by atoms with Crippen LogP contribution in [0.1, 0.15) is 103 Å². The van der Waals surface area contributed by atoms with Gasteiger partial charge in [-0.25, -0.2) is 9.59 Å². The first kappa shape index (κ1) is 38.7. The Hall–Kier alpha value is -4.09. The number of carbonyl (C=O) groups excluding carboxylic acids is 5. The number of carbonyl (C=O) groups is 5. The lowest BCUT2D eigenvalue weighted by atomic mass is 9.83. The standard InChI is InChI=1S/C38H57N5O7/c1-6-7-8-9-13-20-30(33(44)41-32(35(46)39-5)27-17-11-10-12-18-27)40-34(45)31-23-29(25-43(31)37(48)50-38(2,3)4)49-36(47)42-22-21-26-16-14-15-19-28(26)24-42/h6,14-16,19,27,29-32H,1,7-13,17-18,20-25H2,2-5H3,(H,39,46)(H,40,45)(H,41,44)/t29-,30-,31+,32-/m0/s1. The molecule has 12 heteroatoms. The van der Waals surface area contributed by atoms with E-state index >= 15 is 0 Å². The zero-order valence-electron chi connectivity index (χ0n) is 30.3. The lowest BCUT2D eigenvalue weighted by molar-refractivity contribution is -0.134. The van der Waals surface area contributed by atoms with Crippen molar-refractivity contribution in [3.8, 4) is 0 Å². The van der Waals surface area contributed by atoms with E-state index in [2.05, 4.69) is 28.6 Å². The van der Waals surface area contributed by atoms with Gasteiger partial charge in [-0.05, 0) is 76.3 Å². The first-order valence-electron chi connectivity index (χ1n) is 18.3. The van der Waals surface area contributed by atoms with Gasteiger partial charge < -0.3 is 30.3 Å². The molecule has 1 aromatic rings. The minimum absolute atomic E-state index is 0.0120. The lowest BCUT2D eigenvalue weighted by Gasteiger charge is -2.32. The highest BCUT2D eigenvalue weighted by molar-refractivity contribution is 5.94. The first-order valence-corrected chi connectivity index (χ1v) is 18.3. The van der Waals surface area contributed by atoms with Crippen LogP contribution >= 0.6 is 0 Å². The molecule has 5 amide bonds. The van der Waals surface area contributed by atoms with Gasteiger partial charge in [0.15, 0.2) is 0 Å². The third-order valence-corrected chi connectivity index (χ3v) is 9.83. The van der Waals surface area contributed by atoms with Crippen molar-refractivity contribution in [1.82, 2.24) is 25.8 Å². The Morgan fingerprint density at radius 2 is 1.68 bits per heavy atom. The fourth-order valence-corrected chi connectivity index (χ4v) is 7.15. The molecule has 4 rings (SSSR count). The molecular weight excluding hydrogens is 638 g/mol. The van der Waals surface area contributed by atoms with Crippen LogP contribution in [0.25, 0.3) is 0 Å². The molecule has 0 bridgehead atoms. The van der Waals surface area contributed by atoms with Crippen LogP contribution in [-0.4, -0.2) is 89.7 Å². The third kappa shape index (κ3) is 11.0. The van der Waals surface area contributed by atoms with Crippen LogP contribution in [0.5, 0.6) is 0 Å². The maximum Gasteiger partial charge on any atom is 0.411 e. The maximum absolute atomic E-state index is 14.0. The predicted molar refractivity (Wildman–Crippen MR) is 190 cm³/mol. The number of nitrogens with one attached hydrogen (secondary N) is 3. The van der Waals surface area contributed by atoms with Crippen molar-refractivity contribution in [1.29, 1.82) is 0 Å². The number of likely N-dealkylation sites (tertiary alicyclic amines) is 1. The molecule has 1 aromatic carbocycles. The molecule has 12 nitrogen and oxygen atoms in total. The van der Waals surface area contributed by atoms with Gasteiger partial charge >= 0.3 is 12.2 Å². The highest BCUT2D eigenvalue weighted by Gasteiger charge is 2.45. The summed E-state index contributed by atoms with van der Waals surface area (Å²) >= 11 is 0.